The van der Waals surface area contributed by atoms with Gasteiger partial charge in [-0.05, 0) is 74.4 Å². The number of nitrogens with one attached hydrogen (secondary N) is 1. The molecule has 0 radical (unpaired) electrons. The first-order chi connectivity index (χ1) is 22.9. The van der Waals surface area contributed by atoms with Gasteiger partial charge in [0, 0.05) is 28.5 Å². The second-order valence-electron chi connectivity index (χ2n) is 12.2. The van der Waals surface area contributed by atoms with Crippen LogP contribution in [0.1, 0.15) is 37.5 Å². The zero-order valence-electron chi connectivity index (χ0n) is 26.6. The number of sulfonamides is 1. The van der Waals surface area contributed by atoms with Crippen LogP contribution in [-0.2, 0) is 38.8 Å². The van der Waals surface area contributed by atoms with Gasteiger partial charge in [-0.1, -0.05) is 89.4 Å². The summed E-state index contributed by atoms with van der Waals surface area (Å²) >= 11 is 19.0. The van der Waals surface area contributed by atoms with Crippen molar-refractivity contribution in [1.82, 2.24) is 10.2 Å². The summed E-state index contributed by atoms with van der Waals surface area (Å²) in [6.07, 6.45) is -4.84. The van der Waals surface area contributed by atoms with Crippen molar-refractivity contribution in [2.75, 3.05) is 10.8 Å². The summed E-state index contributed by atoms with van der Waals surface area (Å²) in [5.41, 5.74) is -1.41. The first-order valence-electron chi connectivity index (χ1n) is 14.9. The van der Waals surface area contributed by atoms with Crippen molar-refractivity contribution in [3.8, 4) is 0 Å². The van der Waals surface area contributed by atoms with Crippen LogP contribution in [0.15, 0.2) is 102 Å². The molecule has 0 aliphatic carbocycles. The molecule has 4 rings (SSSR count). The van der Waals surface area contributed by atoms with Crippen LogP contribution in [0.2, 0.25) is 15.1 Å². The molecular weight excluding hydrogens is 722 g/mol. The number of benzene rings is 4. The Morgan fingerprint density at radius 3 is 2.00 bits per heavy atom. The molecule has 14 heteroatoms. The molecule has 4 aromatic rings. The molecule has 0 unspecified atom stereocenters. The molecule has 7 nitrogen and oxygen atoms in total. The predicted molar refractivity (Wildman–Crippen MR) is 186 cm³/mol. The Morgan fingerprint density at radius 2 is 1.43 bits per heavy atom. The molecule has 0 saturated carbocycles. The summed E-state index contributed by atoms with van der Waals surface area (Å²) in [5, 5.41) is 3.04. The minimum absolute atomic E-state index is 0.00938. The first kappa shape index (κ1) is 38.0. The molecule has 1 N–H and O–H groups in total. The van der Waals surface area contributed by atoms with Crippen molar-refractivity contribution in [1.29, 1.82) is 0 Å². The zero-order valence-corrected chi connectivity index (χ0v) is 29.7. The fourth-order valence-corrected chi connectivity index (χ4v) is 7.14. The number of carbonyl (C=O) groups excluding carboxylic acids is 2. The number of hydrogen-bond donors (Lipinski definition) is 1. The van der Waals surface area contributed by atoms with Crippen LogP contribution in [0.25, 0.3) is 0 Å². The highest BCUT2D eigenvalue weighted by Crippen LogP contribution is 2.37. The van der Waals surface area contributed by atoms with Gasteiger partial charge in [0.15, 0.2) is 0 Å². The van der Waals surface area contributed by atoms with E-state index in [0.717, 1.165) is 11.0 Å². The van der Waals surface area contributed by atoms with Crippen molar-refractivity contribution < 1.29 is 31.2 Å². The molecule has 0 heterocycles. The Labute approximate surface area is 298 Å². The molecule has 0 bridgehead atoms. The van der Waals surface area contributed by atoms with Crippen LogP contribution in [-0.4, -0.2) is 43.3 Å². The third-order valence-electron chi connectivity index (χ3n) is 7.28. The number of anilines is 1. The molecule has 4 aromatic carbocycles. The SMILES string of the molecule is CC(C)(C)NC(=O)[C@H](Cc1ccccc1)N(Cc1ccc(Cl)cc1Cl)C(=O)CN(c1cc(C(F)(F)F)ccc1Cl)S(=O)(=O)c1ccccc1. The third-order valence-corrected chi connectivity index (χ3v) is 9.96. The van der Waals surface area contributed by atoms with Crippen molar-refractivity contribution in [2.24, 2.45) is 0 Å². The lowest BCUT2D eigenvalue weighted by atomic mass is 10.0. The van der Waals surface area contributed by atoms with E-state index in [4.69, 9.17) is 34.8 Å². The van der Waals surface area contributed by atoms with E-state index in [2.05, 4.69) is 5.32 Å². The van der Waals surface area contributed by atoms with E-state index < -0.39 is 57.4 Å². The van der Waals surface area contributed by atoms with Gasteiger partial charge < -0.3 is 10.2 Å². The lowest BCUT2D eigenvalue weighted by Crippen LogP contribution is -2.56. The number of carbonyl (C=O) groups is 2. The Kier molecular flexibility index (Phi) is 12.0. The number of rotatable bonds is 11. The summed E-state index contributed by atoms with van der Waals surface area (Å²) in [7, 11) is -4.70. The van der Waals surface area contributed by atoms with Gasteiger partial charge in [0.1, 0.15) is 12.6 Å². The van der Waals surface area contributed by atoms with Gasteiger partial charge in [0.25, 0.3) is 10.0 Å². The number of halogens is 6. The van der Waals surface area contributed by atoms with Gasteiger partial charge in [0.05, 0.1) is 21.2 Å². The second-order valence-corrected chi connectivity index (χ2v) is 15.3. The average Bonchev–Trinajstić information content (AvgIpc) is 3.02. The molecule has 1 atom stereocenters. The molecule has 2 amide bonds. The predicted octanol–water partition coefficient (Wildman–Crippen LogP) is 8.42. The minimum atomic E-state index is -4.85. The number of amides is 2. The highest BCUT2D eigenvalue weighted by Gasteiger charge is 2.38. The maximum absolute atomic E-state index is 14.6. The average molecular weight is 755 g/mol. The van der Waals surface area contributed by atoms with E-state index >= 15 is 0 Å². The first-order valence-corrected chi connectivity index (χ1v) is 17.5. The summed E-state index contributed by atoms with van der Waals surface area (Å²) in [5.74, 6) is -1.46. The van der Waals surface area contributed by atoms with E-state index in [1.54, 1.807) is 69.3 Å². The van der Waals surface area contributed by atoms with Crippen LogP contribution in [0.3, 0.4) is 0 Å². The fourth-order valence-electron chi connectivity index (χ4n) is 4.95. The van der Waals surface area contributed by atoms with Crippen molar-refractivity contribution in [3.05, 3.63) is 129 Å². The van der Waals surface area contributed by atoms with Gasteiger partial charge in [0.2, 0.25) is 11.8 Å². The molecule has 0 fully saturated rings. The van der Waals surface area contributed by atoms with Crippen molar-refractivity contribution in [2.45, 2.75) is 56.4 Å². The number of nitrogens with zero attached hydrogens (tertiary/aromatic N) is 2. The summed E-state index contributed by atoms with van der Waals surface area (Å²) in [4.78, 5) is 29.4. The van der Waals surface area contributed by atoms with Gasteiger partial charge in [-0.2, -0.15) is 13.2 Å². The lowest BCUT2D eigenvalue weighted by molar-refractivity contribution is -0.140. The van der Waals surface area contributed by atoms with Crippen molar-refractivity contribution >= 4 is 62.3 Å². The minimum Gasteiger partial charge on any atom is -0.350 e. The van der Waals surface area contributed by atoms with E-state index in [1.807, 2.05) is 0 Å². The standard InChI is InChI=1S/C35H33Cl3F3N3O4S/c1-34(2,3)42-33(46)31(18-23-10-6-4-7-11-23)43(21-24-14-16-26(36)20-29(24)38)32(45)22-44(49(47,48)27-12-8-5-9-13-27)30-19-25(35(39,40)41)15-17-28(30)37/h4-17,19-20,31H,18,21-22H2,1-3H3,(H,42,46)/t31-/m0/s1. The van der Waals surface area contributed by atoms with Crippen LogP contribution in [0.5, 0.6) is 0 Å². The summed E-state index contributed by atoms with van der Waals surface area (Å²) in [6, 6.07) is 21.3. The van der Waals surface area contributed by atoms with Gasteiger partial charge in [-0.3, -0.25) is 13.9 Å². The molecule has 0 aromatic heterocycles. The molecule has 49 heavy (non-hydrogen) atoms. The van der Waals surface area contributed by atoms with E-state index in [0.29, 0.717) is 32.6 Å². The molecule has 0 spiro atoms. The second kappa shape index (κ2) is 15.4. The highest BCUT2D eigenvalue weighted by molar-refractivity contribution is 7.92. The zero-order chi connectivity index (χ0) is 36.1. The Hall–Kier alpha value is -3.77. The van der Waals surface area contributed by atoms with E-state index in [9.17, 15) is 31.2 Å². The van der Waals surface area contributed by atoms with Crippen LogP contribution < -0.4 is 9.62 Å². The molecule has 0 aliphatic heterocycles. The van der Waals surface area contributed by atoms with Gasteiger partial charge in [-0.25, -0.2) is 8.42 Å². The maximum atomic E-state index is 14.6. The smallest absolute Gasteiger partial charge is 0.350 e. The van der Waals surface area contributed by atoms with Gasteiger partial charge in [-0.15, -0.1) is 0 Å². The maximum Gasteiger partial charge on any atom is 0.416 e. The normalized spacial score (nSPS) is 12.7. The van der Waals surface area contributed by atoms with Gasteiger partial charge >= 0.3 is 6.18 Å². The summed E-state index contributed by atoms with van der Waals surface area (Å²) < 4.78 is 70.4. The Bertz CT molecular complexity index is 1910. The van der Waals surface area contributed by atoms with Crippen LogP contribution >= 0.6 is 34.8 Å². The number of hydrogen-bond acceptors (Lipinski definition) is 4. The van der Waals surface area contributed by atoms with Crippen LogP contribution in [0.4, 0.5) is 18.9 Å². The Morgan fingerprint density at radius 1 is 0.816 bits per heavy atom. The quantitative estimate of drug-likeness (QED) is 0.167. The third kappa shape index (κ3) is 9.91. The molecule has 260 valence electrons. The highest BCUT2D eigenvalue weighted by atomic mass is 35.5. The largest absolute Gasteiger partial charge is 0.416 e. The fraction of sp³-hybridized carbons (Fsp3) is 0.257. The monoisotopic (exact) mass is 753 g/mol. The number of alkyl halides is 3. The van der Waals surface area contributed by atoms with Crippen LogP contribution in [0, 0.1) is 0 Å². The topological polar surface area (TPSA) is 86.8 Å². The van der Waals surface area contributed by atoms with E-state index in [1.165, 1.54) is 30.3 Å². The Balaban J connectivity index is 1.90. The molecule has 0 aliphatic rings. The molecular formula is C35H33Cl3F3N3O4S. The van der Waals surface area contributed by atoms with Crippen molar-refractivity contribution in [3.63, 3.8) is 0 Å². The molecule has 0 saturated heterocycles. The summed E-state index contributed by atoms with van der Waals surface area (Å²) in [6.45, 7) is 3.99. The lowest BCUT2D eigenvalue weighted by Gasteiger charge is -2.35. The van der Waals surface area contributed by atoms with E-state index in [-0.39, 0.29) is 27.9 Å².